The first-order valence-corrected chi connectivity index (χ1v) is 36.6. The first-order chi connectivity index (χ1) is 32.2. The van der Waals surface area contributed by atoms with Gasteiger partial charge >= 0.3 is 0 Å². The molecule has 69 heavy (non-hydrogen) atoms. The molecular weight excluding hydrogens is 961 g/mol. The van der Waals surface area contributed by atoms with E-state index in [2.05, 4.69) is 140 Å². The largest absolute Gasteiger partial charge is 0.415 e. The van der Waals surface area contributed by atoms with E-state index in [-0.39, 0.29) is 18.1 Å². The fraction of sp³-hybridized carbons (Fsp3) is 0.547. The quantitative estimate of drug-likeness (QED) is 0.0504. The van der Waals surface area contributed by atoms with Gasteiger partial charge in [-0.3, -0.25) is 0 Å². The first kappa shape index (κ1) is 57.7. The van der Waals surface area contributed by atoms with Crippen LogP contribution in [0, 0.1) is 19.8 Å². The van der Waals surface area contributed by atoms with Gasteiger partial charge in [-0.25, -0.2) is 0 Å². The van der Waals surface area contributed by atoms with Crippen molar-refractivity contribution in [1.29, 1.82) is 0 Å². The van der Waals surface area contributed by atoms with E-state index in [9.17, 15) is 25.5 Å². The molecule has 2 aliphatic heterocycles. The Kier molecular flexibility index (Phi) is 19.9. The van der Waals surface area contributed by atoms with Gasteiger partial charge in [-0.2, -0.15) is 0 Å². The summed E-state index contributed by atoms with van der Waals surface area (Å²) < 4.78 is 38.1. The van der Waals surface area contributed by atoms with Crippen molar-refractivity contribution in [2.75, 3.05) is 32.8 Å². The molecule has 5 N–H and O–H groups in total. The summed E-state index contributed by atoms with van der Waals surface area (Å²) in [6.45, 7) is 25.8. The highest BCUT2D eigenvalue weighted by Gasteiger charge is 2.57. The van der Waals surface area contributed by atoms with Crippen molar-refractivity contribution in [3.63, 3.8) is 0 Å². The monoisotopic (exact) mass is 1040 g/mol. The van der Waals surface area contributed by atoms with Crippen LogP contribution in [0.2, 0.25) is 58.9 Å². The molecule has 0 bridgehead atoms. The third-order valence-electron chi connectivity index (χ3n) is 12.6. The van der Waals surface area contributed by atoms with E-state index in [4.69, 9.17) is 27.5 Å². The van der Waals surface area contributed by atoms with Crippen LogP contribution in [0.15, 0.2) is 94.7 Å². The Labute approximate surface area is 424 Å². The number of aryl methyl sites for hydroxylation is 2. The number of aliphatic hydroxyl groups is 5. The van der Waals surface area contributed by atoms with Crippen LogP contribution < -0.4 is 0 Å². The van der Waals surface area contributed by atoms with E-state index >= 15 is 0 Å². The second-order valence-electron chi connectivity index (χ2n) is 21.4. The Balaban J connectivity index is 0.000000270. The van der Waals surface area contributed by atoms with Gasteiger partial charge in [0.15, 0.2) is 25.0 Å². The van der Waals surface area contributed by atoms with Gasteiger partial charge < -0.3 is 53.0 Å². The molecule has 0 spiro atoms. The molecule has 4 aromatic carbocycles. The Bertz CT molecular complexity index is 2270. The van der Waals surface area contributed by atoms with Crippen LogP contribution in [-0.4, -0.2) is 126 Å². The summed E-state index contributed by atoms with van der Waals surface area (Å²) in [5.41, 5.74) is 8.04. The summed E-state index contributed by atoms with van der Waals surface area (Å²) in [5, 5.41) is 53.3. The minimum Gasteiger partial charge on any atom is -0.415 e. The molecule has 2 saturated heterocycles. The molecule has 4 aromatic rings. The Morgan fingerprint density at radius 1 is 0.623 bits per heavy atom. The predicted molar refractivity (Wildman–Crippen MR) is 287 cm³/mol. The van der Waals surface area contributed by atoms with Crippen molar-refractivity contribution in [2.45, 2.75) is 157 Å². The number of hydrogen-bond donors (Lipinski definition) is 5. The van der Waals surface area contributed by atoms with Gasteiger partial charge in [0.2, 0.25) is 11.6 Å². The first-order valence-electron chi connectivity index (χ1n) is 23.9. The number of methoxy groups -OCH3 is 1. The summed E-state index contributed by atoms with van der Waals surface area (Å²) in [6.07, 6.45) is -1.28. The Hall–Kier alpha value is -2.21. The number of rotatable bonds is 17. The summed E-state index contributed by atoms with van der Waals surface area (Å²) in [6, 6.07) is 28.8. The summed E-state index contributed by atoms with van der Waals surface area (Å²) in [4.78, 5) is 2.44. The molecule has 2 aliphatic rings. The second kappa shape index (κ2) is 23.8. The fourth-order valence-electron chi connectivity index (χ4n) is 8.73. The highest BCUT2D eigenvalue weighted by Crippen LogP contribution is 2.45. The molecule has 16 heteroatoms. The van der Waals surface area contributed by atoms with Crippen molar-refractivity contribution in [1.82, 2.24) is 0 Å². The average molecular weight is 1040 g/mol. The van der Waals surface area contributed by atoms with E-state index in [1.54, 1.807) is 29.6 Å². The smallest absolute Gasteiger partial charge is 0.224 e. The molecule has 0 aliphatic carbocycles. The topological polar surface area (TPSA) is 157 Å². The van der Waals surface area contributed by atoms with Crippen LogP contribution in [0.1, 0.15) is 51.4 Å². The third kappa shape index (κ3) is 14.7. The van der Waals surface area contributed by atoms with Crippen LogP contribution in [-0.2, 0) is 51.9 Å². The third-order valence-corrected chi connectivity index (χ3v) is 17.1. The number of ether oxygens (including phenoxy) is 3. The fourth-order valence-corrected chi connectivity index (χ4v) is 12.4. The van der Waals surface area contributed by atoms with Crippen molar-refractivity contribution in [3.05, 3.63) is 129 Å². The van der Waals surface area contributed by atoms with Gasteiger partial charge in [-0.15, -0.1) is 23.5 Å². The molecule has 0 radical (unpaired) electrons. The van der Waals surface area contributed by atoms with Gasteiger partial charge in [0, 0.05) is 33.9 Å². The lowest BCUT2D eigenvalue weighted by Crippen LogP contribution is -2.65. The van der Waals surface area contributed by atoms with Crippen molar-refractivity contribution < 1.29 is 53.0 Å². The molecule has 0 amide bonds. The van der Waals surface area contributed by atoms with Gasteiger partial charge in [0.05, 0.1) is 25.4 Å². The molecule has 382 valence electrons. The minimum atomic E-state index is -2.11. The SMILES string of the molecule is CO[C@@]1(c2ccc(C)c(Cc3ccc(SC)cc3)c2)O[C@H](CO)[C@@H](O)[C@H](O)[C@H]1O.CSc1ccc(Cc2cc([C@]3(O)O[C@H](CO[Si](C)(C)C)[C@@H](C)[C@H](O[Si](C)(C)C)[C@H]3O[Si](C)(C)C)ccc2C)cc1. The summed E-state index contributed by atoms with van der Waals surface area (Å²) in [7, 11) is -4.55. The highest BCUT2D eigenvalue weighted by atomic mass is 32.2. The maximum Gasteiger partial charge on any atom is 0.224 e. The molecule has 0 unspecified atom stereocenters. The van der Waals surface area contributed by atoms with E-state index in [1.807, 2.05) is 31.4 Å². The van der Waals surface area contributed by atoms with Gasteiger partial charge in [0.1, 0.15) is 30.5 Å². The van der Waals surface area contributed by atoms with Crippen LogP contribution in [0.4, 0.5) is 0 Å². The van der Waals surface area contributed by atoms with Crippen LogP contribution in [0.25, 0.3) is 0 Å². The van der Waals surface area contributed by atoms with E-state index in [0.29, 0.717) is 24.2 Å². The van der Waals surface area contributed by atoms with Gasteiger partial charge in [-0.05, 0) is 168 Å². The average Bonchev–Trinajstić information content (AvgIpc) is 3.29. The van der Waals surface area contributed by atoms with E-state index in [0.717, 1.165) is 28.7 Å². The molecule has 2 heterocycles. The Morgan fingerprint density at radius 2 is 1.10 bits per heavy atom. The van der Waals surface area contributed by atoms with E-state index in [1.165, 1.54) is 28.0 Å². The van der Waals surface area contributed by atoms with Crippen LogP contribution in [0.3, 0.4) is 0 Å². The van der Waals surface area contributed by atoms with Crippen LogP contribution >= 0.6 is 23.5 Å². The van der Waals surface area contributed by atoms with Crippen molar-refractivity contribution in [2.24, 2.45) is 5.92 Å². The zero-order chi connectivity index (χ0) is 51.3. The van der Waals surface area contributed by atoms with Crippen LogP contribution in [0.5, 0.6) is 0 Å². The molecule has 10 atom stereocenters. The minimum absolute atomic E-state index is 0.00966. The Morgan fingerprint density at radius 3 is 1.54 bits per heavy atom. The zero-order valence-electron chi connectivity index (χ0n) is 43.5. The maximum atomic E-state index is 12.7. The lowest BCUT2D eigenvalue weighted by atomic mass is 9.82. The molecule has 0 saturated carbocycles. The number of aliphatic hydroxyl groups excluding tert-OH is 4. The lowest BCUT2D eigenvalue weighted by molar-refractivity contribution is -0.366. The molecule has 6 rings (SSSR count). The molecule has 0 aromatic heterocycles. The normalized spacial score (nSPS) is 27.7. The lowest BCUT2D eigenvalue weighted by Gasteiger charge is -2.53. The molecule has 11 nitrogen and oxygen atoms in total. The highest BCUT2D eigenvalue weighted by molar-refractivity contribution is 7.98. The molecule has 2 fully saturated rings. The zero-order valence-corrected chi connectivity index (χ0v) is 48.2. The van der Waals surface area contributed by atoms with E-state index < -0.39 is 73.7 Å². The van der Waals surface area contributed by atoms with Gasteiger partial charge in [0.25, 0.3) is 0 Å². The molecular formula is C53H80O11S2Si3. The van der Waals surface area contributed by atoms with Crippen molar-refractivity contribution in [3.8, 4) is 0 Å². The number of benzene rings is 4. The summed E-state index contributed by atoms with van der Waals surface area (Å²) >= 11 is 3.43. The predicted octanol–water partition coefficient (Wildman–Crippen LogP) is 9.36. The summed E-state index contributed by atoms with van der Waals surface area (Å²) in [5.74, 6) is -3.38. The number of thioether (sulfide) groups is 2. The second-order valence-corrected chi connectivity index (χ2v) is 36.6. The van der Waals surface area contributed by atoms with Gasteiger partial charge in [-0.1, -0.05) is 55.5 Å². The van der Waals surface area contributed by atoms with Crippen molar-refractivity contribution >= 4 is 48.5 Å². The maximum absolute atomic E-state index is 12.7. The standard InChI is InChI=1S/C31H52O5SSi3.C22H28O6S/c1-22-13-16-26(20-25(22)19-24-14-17-27(37-3)18-15-24)31(32)30(36-40(10,11)12)29(35-39(7,8)9)23(2)28(34-31)21-33-38(4,5)6;1-13-4-7-16(11-15(13)10-14-5-8-17(29-3)9-6-14)22(27-2)21(26)20(25)19(24)18(12-23)28-22/h13-18,20,23,28-30,32H,19,21H2,1-12H3;4-9,11,18-21,23-26H,10,12H2,1-3H3/t23-,28-,29+,30-,31+;18-,19-,20+,21-,22+/m11/s1. The number of hydrogen-bond acceptors (Lipinski definition) is 13.